The molecule has 1 aromatic carbocycles. The second-order valence-corrected chi connectivity index (χ2v) is 9.85. The van der Waals surface area contributed by atoms with Gasteiger partial charge in [-0.15, -0.1) is 0 Å². The molecule has 3 rings (SSSR count). The van der Waals surface area contributed by atoms with Crippen LogP contribution < -0.4 is 3.87 Å². The molecule has 0 amide bonds. The summed E-state index contributed by atoms with van der Waals surface area (Å²) in [5, 5.41) is 0. The number of alkyl halides is 3. The van der Waals surface area contributed by atoms with Crippen LogP contribution in [0.25, 0.3) is 0 Å². The van der Waals surface area contributed by atoms with Crippen molar-refractivity contribution >= 4 is 3.87 Å². The van der Waals surface area contributed by atoms with Gasteiger partial charge >= 0.3 is 141 Å². The van der Waals surface area contributed by atoms with Crippen LogP contribution in [0.5, 0.6) is 0 Å². The molecule has 0 saturated carbocycles. The van der Waals surface area contributed by atoms with Gasteiger partial charge in [-0.2, -0.15) is 0 Å². The van der Waals surface area contributed by atoms with Crippen LogP contribution in [-0.2, 0) is 24.0 Å². The van der Waals surface area contributed by atoms with Gasteiger partial charge in [-0.1, -0.05) is 0 Å². The van der Waals surface area contributed by atoms with E-state index in [9.17, 15) is 13.2 Å². The maximum atomic E-state index is 13.5. The Labute approximate surface area is 140 Å². The first-order valence-corrected chi connectivity index (χ1v) is 10.0. The first-order valence-electron chi connectivity index (χ1n) is 7.66. The Balaban J connectivity index is 2.19. The van der Waals surface area contributed by atoms with Gasteiger partial charge in [0.1, 0.15) is 0 Å². The molecular weight excluding hydrogens is 333 g/mol. The predicted molar refractivity (Wildman–Crippen MR) is 84.0 cm³/mol. The Morgan fingerprint density at radius 1 is 0.870 bits per heavy atom. The summed E-state index contributed by atoms with van der Waals surface area (Å²) in [7, 11) is 0. The molecule has 0 atom stereocenters. The molecule has 4 heteroatoms. The zero-order chi connectivity index (χ0) is 16.6. The fourth-order valence-corrected chi connectivity index (χ4v) is 8.55. The Morgan fingerprint density at radius 3 is 1.83 bits per heavy atom. The van der Waals surface area contributed by atoms with Crippen molar-refractivity contribution in [2.24, 2.45) is 0 Å². The van der Waals surface area contributed by atoms with E-state index in [2.05, 4.69) is 24.3 Å². The number of hydrogen-bond acceptors (Lipinski definition) is 0. The normalized spacial score (nSPS) is 17.6. The number of hydrogen-bond donors (Lipinski definition) is 0. The van der Waals surface area contributed by atoms with Crippen molar-refractivity contribution in [3.63, 3.8) is 0 Å². The van der Waals surface area contributed by atoms with Crippen LogP contribution in [0, 0.1) is 0 Å². The van der Waals surface area contributed by atoms with E-state index in [1.807, 2.05) is 13.8 Å². The van der Waals surface area contributed by atoms with E-state index in [4.69, 9.17) is 0 Å². The van der Waals surface area contributed by atoms with E-state index in [0.29, 0.717) is 3.87 Å². The molecule has 0 aromatic heterocycles. The van der Waals surface area contributed by atoms with E-state index >= 15 is 0 Å². The molecule has 0 fully saturated rings. The van der Waals surface area contributed by atoms with Crippen LogP contribution in [0.2, 0.25) is 0 Å². The number of rotatable bonds is 3. The summed E-state index contributed by atoms with van der Waals surface area (Å²) in [6.45, 7) is 4.06. The molecular formula is C19H18F3Ti. The quantitative estimate of drug-likeness (QED) is 0.638. The first kappa shape index (κ1) is 16.5. The molecule has 2 aliphatic rings. The second kappa shape index (κ2) is 6.29. The van der Waals surface area contributed by atoms with Gasteiger partial charge in [0.15, 0.2) is 0 Å². The summed E-state index contributed by atoms with van der Waals surface area (Å²) < 4.78 is 43.7. The van der Waals surface area contributed by atoms with E-state index in [1.54, 1.807) is 12.1 Å². The zero-order valence-corrected chi connectivity index (χ0v) is 14.7. The Bertz CT molecular complexity index is 712. The number of benzene rings is 1. The predicted octanol–water partition coefficient (Wildman–Crippen LogP) is 5.42. The third-order valence-electron chi connectivity index (χ3n) is 4.44. The van der Waals surface area contributed by atoms with Crippen LogP contribution in [0.4, 0.5) is 13.2 Å². The van der Waals surface area contributed by atoms with Gasteiger partial charge < -0.3 is 0 Å². The minimum atomic E-state index is -4.30. The monoisotopic (exact) mass is 351 g/mol. The van der Waals surface area contributed by atoms with Crippen LogP contribution in [-0.4, -0.2) is 0 Å². The Morgan fingerprint density at radius 2 is 1.39 bits per heavy atom. The molecule has 0 saturated heterocycles. The van der Waals surface area contributed by atoms with Gasteiger partial charge in [-0.25, -0.2) is 0 Å². The molecule has 0 radical (unpaired) electrons. The zero-order valence-electron chi connectivity index (χ0n) is 13.2. The molecule has 0 spiro atoms. The molecule has 0 N–H and O–H groups in total. The van der Waals surface area contributed by atoms with E-state index in [-0.39, 0.29) is 0 Å². The molecule has 2 aliphatic carbocycles. The maximum absolute atomic E-state index is 13.5. The van der Waals surface area contributed by atoms with Crippen LogP contribution in [0.15, 0.2) is 67.5 Å². The number of halogens is 3. The van der Waals surface area contributed by atoms with Crippen LogP contribution >= 0.6 is 0 Å². The summed E-state index contributed by atoms with van der Waals surface area (Å²) in [5.74, 6) is 0. The summed E-state index contributed by atoms with van der Waals surface area (Å²) in [5.41, 5.74) is 1.86. The fraction of sp³-hybridized carbons (Fsp3) is 0.263. The molecule has 0 heterocycles. The summed E-state index contributed by atoms with van der Waals surface area (Å²) in [4.78, 5) is 0. The van der Waals surface area contributed by atoms with Crippen molar-refractivity contribution in [1.82, 2.24) is 0 Å². The van der Waals surface area contributed by atoms with Gasteiger partial charge in [-0.05, 0) is 0 Å². The molecule has 0 bridgehead atoms. The molecule has 1 aromatic rings. The van der Waals surface area contributed by atoms with E-state index in [1.165, 1.54) is 19.9 Å². The van der Waals surface area contributed by atoms with Gasteiger partial charge in [0, 0.05) is 0 Å². The van der Waals surface area contributed by atoms with Gasteiger partial charge in [-0.3, -0.25) is 0 Å². The van der Waals surface area contributed by atoms with Gasteiger partial charge in [0.2, 0.25) is 0 Å². The van der Waals surface area contributed by atoms with Crippen molar-refractivity contribution in [2.45, 2.75) is 32.9 Å². The second-order valence-electron chi connectivity index (χ2n) is 5.95. The van der Waals surface area contributed by atoms with Gasteiger partial charge in [0.25, 0.3) is 0 Å². The molecule has 0 unspecified atom stereocenters. The third kappa shape index (κ3) is 3.18. The summed E-state index contributed by atoms with van der Waals surface area (Å²) in [6.07, 6.45) is 5.55. The van der Waals surface area contributed by atoms with Crippen molar-refractivity contribution in [2.75, 3.05) is 0 Å². The SMILES string of the molecule is CC1=[C]([Ti]([C]2=C(C)C=CC2)[c]2ccccc2C(F)(F)F)CC=C1. The van der Waals surface area contributed by atoms with E-state index in [0.717, 1.165) is 24.0 Å². The molecule has 0 nitrogen and oxygen atoms in total. The van der Waals surface area contributed by atoms with Crippen molar-refractivity contribution in [3.05, 3.63) is 73.0 Å². The van der Waals surface area contributed by atoms with Crippen molar-refractivity contribution in [1.29, 1.82) is 0 Å². The van der Waals surface area contributed by atoms with Gasteiger partial charge in [0.05, 0.1) is 0 Å². The topological polar surface area (TPSA) is 0 Å². The van der Waals surface area contributed by atoms with Crippen molar-refractivity contribution in [3.8, 4) is 0 Å². The first-order chi connectivity index (χ1) is 10.9. The standard InChI is InChI=1S/C7H4F3.2C6H7.Ti/c8-7(9,10)6-4-2-1-3-5-6;2*1-6-4-2-3-5-6;/h1-4H;2*2,4H,3H2,1H3;. The van der Waals surface area contributed by atoms with E-state index < -0.39 is 29.6 Å². The Kier molecular flexibility index (Phi) is 4.53. The van der Waals surface area contributed by atoms with Crippen molar-refractivity contribution < 1.29 is 31.0 Å². The third-order valence-corrected chi connectivity index (χ3v) is 9.71. The average molecular weight is 351 g/mol. The Hall–Kier alpha value is -1.32. The molecule has 23 heavy (non-hydrogen) atoms. The summed E-state index contributed by atoms with van der Waals surface area (Å²) >= 11 is -2.39. The average Bonchev–Trinajstić information content (AvgIpc) is 3.09. The minimum absolute atomic E-state index is 0.450. The summed E-state index contributed by atoms with van der Waals surface area (Å²) in [6, 6.07) is 6.17. The fourth-order valence-electron chi connectivity index (χ4n) is 3.28. The van der Waals surface area contributed by atoms with Crippen LogP contribution in [0.3, 0.4) is 0 Å². The molecule has 0 aliphatic heterocycles. The van der Waals surface area contributed by atoms with Crippen LogP contribution in [0.1, 0.15) is 32.3 Å². The molecule has 119 valence electrons. The number of allylic oxidation sites excluding steroid dienone is 8.